The number of nitrogens with one attached hydrogen (secondary N) is 1. The molecule has 0 amide bonds. The number of rotatable bonds is 5. The van der Waals surface area contributed by atoms with Crippen LogP contribution in [0.2, 0.25) is 0 Å². The molecule has 0 aromatic carbocycles. The molecule has 2 aliphatic rings. The third kappa shape index (κ3) is 2.40. The van der Waals surface area contributed by atoms with Crippen LogP contribution in [-0.2, 0) is 10.0 Å². The zero-order valence-corrected chi connectivity index (χ0v) is 14.4. The zero-order chi connectivity index (χ0) is 15.3. The molecule has 0 radical (unpaired) electrons. The predicted octanol–water partition coefficient (Wildman–Crippen LogP) is 2.19. The van der Waals surface area contributed by atoms with Crippen molar-refractivity contribution >= 4 is 27.2 Å². The van der Waals surface area contributed by atoms with Crippen LogP contribution in [0.4, 0.5) is 0 Å². The Balaban J connectivity index is 2.27. The first-order chi connectivity index (χ1) is 9.04. The molecule has 2 saturated carbocycles. The van der Waals surface area contributed by atoms with E-state index in [4.69, 9.17) is 18.0 Å². The molecule has 4 atom stereocenters. The van der Waals surface area contributed by atoms with Gasteiger partial charge in [-0.15, -0.1) is 0 Å². The van der Waals surface area contributed by atoms with E-state index in [9.17, 15) is 8.42 Å². The summed E-state index contributed by atoms with van der Waals surface area (Å²) in [4.78, 5) is 0.0612. The summed E-state index contributed by atoms with van der Waals surface area (Å²) in [5.41, 5.74) is 5.66. The molecule has 2 aliphatic carbocycles. The van der Waals surface area contributed by atoms with Crippen molar-refractivity contribution in [3.8, 4) is 0 Å². The molecule has 4 nitrogen and oxygen atoms in total. The fourth-order valence-corrected chi connectivity index (χ4v) is 6.79. The van der Waals surface area contributed by atoms with Gasteiger partial charge in [-0.25, -0.2) is 13.1 Å². The van der Waals surface area contributed by atoms with E-state index in [0.29, 0.717) is 12.3 Å². The molecular formula is C14H26N2O2S2. The summed E-state index contributed by atoms with van der Waals surface area (Å²) in [6.07, 6.45) is 3.82. The van der Waals surface area contributed by atoms with Gasteiger partial charge in [-0.3, -0.25) is 0 Å². The highest BCUT2D eigenvalue weighted by Gasteiger charge is 2.60. The van der Waals surface area contributed by atoms with Gasteiger partial charge >= 0.3 is 0 Å². The van der Waals surface area contributed by atoms with E-state index >= 15 is 0 Å². The molecule has 3 N–H and O–H groups in total. The minimum Gasteiger partial charge on any atom is -0.392 e. The Kier molecular flexibility index (Phi) is 3.98. The Morgan fingerprint density at radius 3 is 2.45 bits per heavy atom. The summed E-state index contributed by atoms with van der Waals surface area (Å²) in [6, 6.07) is -0.0258. The topological polar surface area (TPSA) is 72.2 Å². The van der Waals surface area contributed by atoms with Crippen LogP contribution in [0.15, 0.2) is 0 Å². The Bertz CT molecular complexity index is 511. The van der Waals surface area contributed by atoms with E-state index in [1.807, 2.05) is 0 Å². The van der Waals surface area contributed by atoms with Crippen LogP contribution in [0.1, 0.15) is 53.4 Å². The standard InChI is InChI=1S/C14H26N2O2S2/c1-5-10(11(15)19)20(17,18)16-12-13(2,3)9-6-7-14(12,4)8-9/h9-10,12,16H,5-8H2,1-4H3,(H2,15,19). The van der Waals surface area contributed by atoms with Crippen molar-refractivity contribution in [3.63, 3.8) is 0 Å². The summed E-state index contributed by atoms with van der Waals surface area (Å²) in [6.45, 7) is 8.36. The molecule has 0 aromatic heterocycles. The van der Waals surface area contributed by atoms with Gasteiger partial charge in [0.25, 0.3) is 0 Å². The second-order valence-corrected chi connectivity index (χ2v) is 9.68. The number of fused-ring (bicyclic) bond motifs is 2. The average Bonchev–Trinajstić information content (AvgIpc) is 2.76. The lowest BCUT2D eigenvalue weighted by Crippen LogP contribution is -2.55. The van der Waals surface area contributed by atoms with Crippen molar-refractivity contribution in [1.82, 2.24) is 4.72 Å². The van der Waals surface area contributed by atoms with E-state index in [2.05, 4.69) is 25.5 Å². The van der Waals surface area contributed by atoms with Crippen LogP contribution < -0.4 is 10.5 Å². The first-order valence-corrected chi connectivity index (χ1v) is 9.30. The van der Waals surface area contributed by atoms with Crippen LogP contribution in [0.3, 0.4) is 0 Å². The van der Waals surface area contributed by atoms with Crippen molar-refractivity contribution in [2.45, 2.75) is 64.7 Å². The normalized spacial score (nSPS) is 37.0. The maximum absolute atomic E-state index is 12.6. The number of hydrogen-bond acceptors (Lipinski definition) is 3. The third-order valence-electron chi connectivity index (χ3n) is 5.61. The molecule has 2 fully saturated rings. The Hall–Kier alpha value is -0.200. The number of thiocarbonyl (C=S) groups is 1. The second-order valence-electron chi connectivity index (χ2n) is 7.31. The smallest absolute Gasteiger partial charge is 0.221 e. The van der Waals surface area contributed by atoms with E-state index in [1.165, 1.54) is 6.42 Å². The lowest BCUT2D eigenvalue weighted by atomic mass is 9.69. The Morgan fingerprint density at radius 1 is 1.45 bits per heavy atom. The molecule has 2 bridgehead atoms. The molecule has 0 spiro atoms. The van der Waals surface area contributed by atoms with Gasteiger partial charge < -0.3 is 5.73 Å². The summed E-state index contributed by atoms with van der Waals surface area (Å²) in [7, 11) is -3.50. The molecule has 0 aromatic rings. The van der Waals surface area contributed by atoms with Gasteiger partial charge in [-0.2, -0.15) is 0 Å². The number of sulfonamides is 1. The molecular weight excluding hydrogens is 292 g/mol. The monoisotopic (exact) mass is 318 g/mol. The highest BCUT2D eigenvalue weighted by atomic mass is 32.2. The second kappa shape index (κ2) is 4.92. The molecule has 20 heavy (non-hydrogen) atoms. The first kappa shape index (κ1) is 16.2. The predicted molar refractivity (Wildman–Crippen MR) is 85.9 cm³/mol. The van der Waals surface area contributed by atoms with Gasteiger partial charge in [0.2, 0.25) is 10.0 Å². The average molecular weight is 319 g/mol. The van der Waals surface area contributed by atoms with Gasteiger partial charge in [0.1, 0.15) is 5.25 Å². The van der Waals surface area contributed by atoms with E-state index in [0.717, 1.165) is 12.8 Å². The van der Waals surface area contributed by atoms with Gasteiger partial charge in [0.15, 0.2) is 0 Å². The van der Waals surface area contributed by atoms with Crippen LogP contribution in [0, 0.1) is 16.7 Å². The van der Waals surface area contributed by atoms with E-state index in [-0.39, 0.29) is 21.9 Å². The third-order valence-corrected chi connectivity index (χ3v) is 7.95. The fraction of sp³-hybridized carbons (Fsp3) is 0.929. The van der Waals surface area contributed by atoms with Crippen LogP contribution >= 0.6 is 12.2 Å². The molecule has 4 unspecified atom stereocenters. The summed E-state index contributed by atoms with van der Waals surface area (Å²) >= 11 is 4.92. The molecule has 0 saturated heterocycles. The largest absolute Gasteiger partial charge is 0.392 e. The van der Waals surface area contributed by atoms with Crippen molar-refractivity contribution in [3.05, 3.63) is 0 Å². The van der Waals surface area contributed by atoms with Gasteiger partial charge in [-0.1, -0.05) is 39.9 Å². The van der Waals surface area contributed by atoms with Gasteiger partial charge in [0, 0.05) is 6.04 Å². The van der Waals surface area contributed by atoms with Crippen LogP contribution in [0.25, 0.3) is 0 Å². The van der Waals surface area contributed by atoms with Crippen molar-refractivity contribution < 1.29 is 8.42 Å². The quantitative estimate of drug-likeness (QED) is 0.762. The van der Waals surface area contributed by atoms with Crippen molar-refractivity contribution in [2.75, 3.05) is 0 Å². The van der Waals surface area contributed by atoms with Crippen LogP contribution in [0.5, 0.6) is 0 Å². The Morgan fingerprint density at radius 2 is 2.05 bits per heavy atom. The lowest BCUT2D eigenvalue weighted by Gasteiger charge is -2.43. The molecule has 0 aliphatic heterocycles. The first-order valence-electron chi connectivity index (χ1n) is 7.35. The highest BCUT2D eigenvalue weighted by molar-refractivity contribution is 7.93. The van der Waals surface area contributed by atoms with Crippen molar-refractivity contribution in [2.24, 2.45) is 22.5 Å². The molecule has 0 heterocycles. The summed E-state index contributed by atoms with van der Waals surface area (Å²) in [5.74, 6) is 0.602. The van der Waals surface area contributed by atoms with E-state index < -0.39 is 15.3 Å². The molecule has 6 heteroatoms. The Labute approximate surface area is 127 Å². The fourth-order valence-electron chi connectivity index (χ4n) is 4.42. The molecule has 116 valence electrons. The molecule has 2 rings (SSSR count). The zero-order valence-electron chi connectivity index (χ0n) is 12.8. The highest BCUT2D eigenvalue weighted by Crippen LogP contribution is 2.62. The maximum atomic E-state index is 12.6. The minimum atomic E-state index is -3.50. The number of nitrogens with two attached hydrogens (primary N) is 1. The van der Waals surface area contributed by atoms with E-state index in [1.54, 1.807) is 6.92 Å². The van der Waals surface area contributed by atoms with Gasteiger partial charge in [-0.05, 0) is 42.4 Å². The minimum absolute atomic E-state index is 0.00538. The number of hydrogen-bond donors (Lipinski definition) is 2. The SMILES string of the molecule is CCC(C(N)=S)S(=O)(=O)NC1C2(C)CCC(C2)C1(C)C. The lowest BCUT2D eigenvalue weighted by molar-refractivity contribution is 0.127. The van der Waals surface area contributed by atoms with Gasteiger partial charge in [0.05, 0.1) is 4.99 Å². The summed E-state index contributed by atoms with van der Waals surface area (Å²) < 4.78 is 28.1. The van der Waals surface area contributed by atoms with Crippen molar-refractivity contribution in [1.29, 1.82) is 0 Å². The summed E-state index contributed by atoms with van der Waals surface area (Å²) in [5, 5.41) is -0.768. The van der Waals surface area contributed by atoms with Crippen LogP contribution in [-0.4, -0.2) is 24.7 Å². The maximum Gasteiger partial charge on any atom is 0.221 e.